The van der Waals surface area contributed by atoms with Crippen LogP contribution in [0.5, 0.6) is 0 Å². The second-order valence-electron chi connectivity index (χ2n) is 3.13. The Morgan fingerprint density at radius 1 is 1.36 bits per heavy atom. The van der Waals surface area contributed by atoms with Crippen LogP contribution < -0.4 is 0 Å². The lowest BCUT2D eigenvalue weighted by molar-refractivity contribution is 0.341. The summed E-state index contributed by atoms with van der Waals surface area (Å²) < 4.78 is 2.24. The van der Waals surface area contributed by atoms with E-state index in [0.29, 0.717) is 0 Å². The van der Waals surface area contributed by atoms with Gasteiger partial charge in [0.15, 0.2) is 0 Å². The summed E-state index contributed by atoms with van der Waals surface area (Å²) in [6.45, 7) is 3.39. The fraction of sp³-hybridized carbons (Fsp3) is 0.625. The minimum Gasteiger partial charge on any atom is -0.333 e. The number of fused-ring (bicyclic) bond motifs is 1. The maximum absolute atomic E-state index is 4.11. The van der Waals surface area contributed by atoms with E-state index in [1.807, 2.05) is 12.5 Å². The highest BCUT2D eigenvalue weighted by Crippen LogP contribution is 2.05. The Hall–Kier alpha value is -0.830. The van der Waals surface area contributed by atoms with Crippen molar-refractivity contribution >= 4 is 0 Å². The maximum Gasteiger partial charge on any atom is 0.0948 e. The van der Waals surface area contributed by atoms with E-state index in [1.165, 1.54) is 5.69 Å². The van der Waals surface area contributed by atoms with Crippen LogP contribution in [0.2, 0.25) is 0 Å². The molecule has 0 saturated carbocycles. The van der Waals surface area contributed by atoms with Gasteiger partial charge in [0, 0.05) is 37.9 Å². The first-order valence-corrected chi connectivity index (χ1v) is 4.04. The Kier molecular flexibility index (Phi) is 1.66. The summed E-state index contributed by atoms with van der Waals surface area (Å²) in [6.07, 6.45) is 5.03. The Bertz CT molecular complexity index is 219. The van der Waals surface area contributed by atoms with E-state index >= 15 is 0 Å². The van der Waals surface area contributed by atoms with Gasteiger partial charge in [0.25, 0.3) is 0 Å². The second kappa shape index (κ2) is 2.66. The maximum atomic E-state index is 4.11. The van der Waals surface area contributed by atoms with Gasteiger partial charge in [-0.15, -0.1) is 0 Å². The van der Waals surface area contributed by atoms with Gasteiger partial charge in [0.1, 0.15) is 0 Å². The number of nitrogens with zero attached hydrogens (tertiary/aromatic N) is 3. The van der Waals surface area contributed by atoms with Crippen molar-refractivity contribution in [3.8, 4) is 0 Å². The lowest BCUT2D eigenvalue weighted by Crippen LogP contribution is -2.21. The largest absolute Gasteiger partial charge is 0.333 e. The SMILES string of the molecule is CN1CCc2cncn2CC1. The lowest BCUT2D eigenvalue weighted by atomic mass is 10.3. The Balaban J connectivity index is 2.20. The van der Waals surface area contributed by atoms with Gasteiger partial charge >= 0.3 is 0 Å². The molecule has 3 heteroatoms. The molecule has 11 heavy (non-hydrogen) atoms. The minimum absolute atomic E-state index is 1.09. The Morgan fingerprint density at radius 2 is 2.27 bits per heavy atom. The molecule has 0 atom stereocenters. The zero-order chi connectivity index (χ0) is 7.68. The van der Waals surface area contributed by atoms with E-state index in [4.69, 9.17) is 0 Å². The van der Waals surface area contributed by atoms with Crippen molar-refractivity contribution in [2.24, 2.45) is 0 Å². The van der Waals surface area contributed by atoms with Crippen molar-refractivity contribution in [1.29, 1.82) is 0 Å². The summed E-state index contributed by atoms with van der Waals surface area (Å²) in [4.78, 5) is 6.47. The van der Waals surface area contributed by atoms with Crippen molar-refractivity contribution in [2.75, 3.05) is 20.1 Å². The molecule has 0 fully saturated rings. The molecular weight excluding hydrogens is 138 g/mol. The highest BCUT2D eigenvalue weighted by atomic mass is 15.2. The fourth-order valence-corrected chi connectivity index (χ4v) is 1.45. The molecule has 0 unspecified atom stereocenters. The standard InChI is InChI=1S/C8H13N3/c1-10-3-2-8-6-9-7-11(8)5-4-10/h6-7H,2-5H2,1H3. The van der Waals surface area contributed by atoms with Gasteiger partial charge in [0.2, 0.25) is 0 Å². The third-order valence-corrected chi connectivity index (χ3v) is 2.27. The number of rotatable bonds is 0. The monoisotopic (exact) mass is 151 g/mol. The number of aromatic nitrogens is 2. The predicted molar refractivity (Wildman–Crippen MR) is 43.4 cm³/mol. The van der Waals surface area contributed by atoms with Crippen LogP contribution in [-0.4, -0.2) is 34.6 Å². The first-order valence-electron chi connectivity index (χ1n) is 4.04. The lowest BCUT2D eigenvalue weighted by Gasteiger charge is -2.10. The van der Waals surface area contributed by atoms with Crippen molar-refractivity contribution in [3.63, 3.8) is 0 Å². The molecular formula is C8H13N3. The fourth-order valence-electron chi connectivity index (χ4n) is 1.45. The molecule has 3 nitrogen and oxygen atoms in total. The van der Waals surface area contributed by atoms with Gasteiger partial charge in [-0.25, -0.2) is 4.98 Å². The van der Waals surface area contributed by atoms with Crippen LogP contribution >= 0.6 is 0 Å². The van der Waals surface area contributed by atoms with Gasteiger partial charge in [-0.05, 0) is 7.05 Å². The van der Waals surface area contributed by atoms with E-state index in [-0.39, 0.29) is 0 Å². The normalized spacial score (nSPS) is 19.4. The van der Waals surface area contributed by atoms with Gasteiger partial charge in [-0.1, -0.05) is 0 Å². The van der Waals surface area contributed by atoms with E-state index in [2.05, 4.69) is 21.5 Å². The van der Waals surface area contributed by atoms with Crippen molar-refractivity contribution < 1.29 is 0 Å². The molecule has 1 aliphatic heterocycles. The molecule has 0 bridgehead atoms. The van der Waals surface area contributed by atoms with Crippen LogP contribution in [0.15, 0.2) is 12.5 Å². The first-order chi connectivity index (χ1) is 5.36. The summed E-state index contributed by atoms with van der Waals surface area (Å²) in [5, 5.41) is 0. The zero-order valence-corrected chi connectivity index (χ0v) is 6.82. The average molecular weight is 151 g/mol. The molecule has 2 heterocycles. The number of likely N-dealkylation sites (N-methyl/N-ethyl adjacent to an activating group) is 1. The van der Waals surface area contributed by atoms with Crippen LogP contribution in [0.1, 0.15) is 5.69 Å². The molecule has 60 valence electrons. The minimum atomic E-state index is 1.09. The predicted octanol–water partition coefficient (Wildman–Crippen LogP) is 0.371. The Labute approximate surface area is 66.6 Å². The average Bonchev–Trinajstić information content (AvgIpc) is 2.38. The highest BCUT2D eigenvalue weighted by Gasteiger charge is 2.08. The van der Waals surface area contributed by atoms with Crippen LogP contribution in [0.3, 0.4) is 0 Å². The van der Waals surface area contributed by atoms with Crippen LogP contribution in [0, 0.1) is 0 Å². The molecule has 0 radical (unpaired) electrons. The van der Waals surface area contributed by atoms with Crippen molar-refractivity contribution in [3.05, 3.63) is 18.2 Å². The summed E-state index contributed by atoms with van der Waals surface area (Å²) in [7, 11) is 2.17. The smallest absolute Gasteiger partial charge is 0.0948 e. The van der Waals surface area contributed by atoms with E-state index in [1.54, 1.807) is 0 Å². The number of hydrogen-bond donors (Lipinski definition) is 0. The third-order valence-electron chi connectivity index (χ3n) is 2.27. The van der Waals surface area contributed by atoms with Crippen LogP contribution in [0.25, 0.3) is 0 Å². The molecule has 1 aromatic rings. The molecule has 0 amide bonds. The zero-order valence-electron chi connectivity index (χ0n) is 6.82. The van der Waals surface area contributed by atoms with Gasteiger partial charge < -0.3 is 9.47 Å². The van der Waals surface area contributed by atoms with Gasteiger partial charge in [-0.3, -0.25) is 0 Å². The molecule has 0 aromatic carbocycles. The quantitative estimate of drug-likeness (QED) is 0.534. The summed E-state index contributed by atoms with van der Waals surface area (Å²) in [5.41, 5.74) is 1.37. The molecule has 1 aromatic heterocycles. The van der Waals surface area contributed by atoms with Crippen LogP contribution in [-0.2, 0) is 13.0 Å². The first kappa shape index (κ1) is 6.85. The second-order valence-corrected chi connectivity index (χ2v) is 3.13. The van der Waals surface area contributed by atoms with Gasteiger partial charge in [0.05, 0.1) is 6.33 Å². The topological polar surface area (TPSA) is 21.1 Å². The van der Waals surface area contributed by atoms with Gasteiger partial charge in [-0.2, -0.15) is 0 Å². The summed E-state index contributed by atoms with van der Waals surface area (Å²) in [5.74, 6) is 0. The molecule has 0 spiro atoms. The Morgan fingerprint density at radius 3 is 3.18 bits per heavy atom. The molecule has 1 aliphatic rings. The van der Waals surface area contributed by atoms with E-state index < -0.39 is 0 Å². The van der Waals surface area contributed by atoms with E-state index in [9.17, 15) is 0 Å². The molecule has 0 N–H and O–H groups in total. The number of hydrogen-bond acceptors (Lipinski definition) is 2. The molecule has 0 saturated heterocycles. The number of imidazole rings is 1. The molecule has 2 rings (SSSR count). The third kappa shape index (κ3) is 1.28. The highest BCUT2D eigenvalue weighted by molar-refractivity contribution is 5.00. The van der Waals surface area contributed by atoms with Crippen molar-refractivity contribution in [1.82, 2.24) is 14.5 Å². The van der Waals surface area contributed by atoms with Crippen molar-refractivity contribution in [2.45, 2.75) is 13.0 Å². The summed E-state index contributed by atoms with van der Waals surface area (Å²) >= 11 is 0. The molecule has 0 aliphatic carbocycles. The summed E-state index contributed by atoms with van der Waals surface area (Å²) in [6, 6.07) is 0. The van der Waals surface area contributed by atoms with Crippen LogP contribution in [0.4, 0.5) is 0 Å². The van der Waals surface area contributed by atoms with E-state index in [0.717, 1.165) is 26.1 Å².